The summed E-state index contributed by atoms with van der Waals surface area (Å²) >= 11 is 1.65. The Morgan fingerprint density at radius 3 is 2.45 bits per heavy atom. The van der Waals surface area contributed by atoms with Crippen molar-refractivity contribution in [1.82, 2.24) is 10.2 Å². The third-order valence-corrected chi connectivity index (χ3v) is 8.92. The molecule has 1 amide bonds. The maximum atomic E-state index is 13.3. The smallest absolute Gasteiger partial charge is 0.264 e. The maximum absolute atomic E-state index is 13.3. The average molecular weight is 479 g/mol. The highest BCUT2D eigenvalue weighted by Crippen LogP contribution is 2.40. The molecule has 2 heterocycles. The minimum Gasteiger partial charge on any atom is -0.362 e. The van der Waals surface area contributed by atoms with Gasteiger partial charge in [0.2, 0.25) is 5.91 Å². The van der Waals surface area contributed by atoms with Crippen molar-refractivity contribution in [3.05, 3.63) is 0 Å². The van der Waals surface area contributed by atoms with E-state index in [2.05, 4.69) is 37.9 Å². The molecule has 0 aromatic carbocycles. The van der Waals surface area contributed by atoms with Gasteiger partial charge < -0.3 is 10.1 Å². The van der Waals surface area contributed by atoms with Gasteiger partial charge in [-0.05, 0) is 56.7 Å². The lowest BCUT2D eigenvalue weighted by atomic mass is 9.76. The highest BCUT2D eigenvalue weighted by Gasteiger charge is 2.46. The van der Waals surface area contributed by atoms with Gasteiger partial charge in [0.25, 0.3) is 10.1 Å². The second-order valence-corrected chi connectivity index (χ2v) is 12.2. The van der Waals surface area contributed by atoms with Crippen LogP contribution >= 0.6 is 11.8 Å². The number of thioether (sulfide) groups is 1. The van der Waals surface area contributed by atoms with Crippen LogP contribution in [0.1, 0.15) is 53.9 Å². The van der Waals surface area contributed by atoms with E-state index < -0.39 is 22.3 Å². The van der Waals surface area contributed by atoms with Crippen molar-refractivity contribution in [3.8, 4) is 0 Å². The Morgan fingerprint density at radius 1 is 1.26 bits per heavy atom. The van der Waals surface area contributed by atoms with Crippen LogP contribution in [0.3, 0.4) is 0 Å². The number of carbonyl (C=O) groups excluding carboxylic acids is 1. The second-order valence-electron chi connectivity index (χ2n) is 9.67. The molecule has 0 bridgehead atoms. The highest BCUT2D eigenvalue weighted by atomic mass is 32.2. The van der Waals surface area contributed by atoms with Gasteiger partial charge in [-0.3, -0.25) is 13.9 Å². The molecular weight excluding hydrogens is 436 g/mol. The van der Waals surface area contributed by atoms with E-state index in [4.69, 9.17) is 8.92 Å². The van der Waals surface area contributed by atoms with Crippen LogP contribution in [0.15, 0.2) is 0 Å². The van der Waals surface area contributed by atoms with Gasteiger partial charge in [0.05, 0.1) is 30.5 Å². The number of nitrogens with one attached hydrogen (secondary N) is 1. The van der Waals surface area contributed by atoms with E-state index >= 15 is 0 Å². The standard InChI is InChI=1S/C22H42N2O5S2/c1-9-10-17-11-18(24(6)12-17)21(25)23-19(16(5)29-31(8,26)27)20-14(3)13(2)15(4)22(28-20)30-7/h13-20,22H,9-12H2,1-8H3,(H,23,25)/t13-,14?,15-,16-,17-,18+,19-,20+,22?/m1/s1. The van der Waals surface area contributed by atoms with Crippen LogP contribution in [0.4, 0.5) is 0 Å². The largest absolute Gasteiger partial charge is 0.362 e. The molecule has 9 atom stereocenters. The summed E-state index contributed by atoms with van der Waals surface area (Å²) in [5, 5.41) is 3.15. The Morgan fingerprint density at radius 2 is 1.90 bits per heavy atom. The van der Waals surface area contributed by atoms with E-state index in [1.807, 2.05) is 13.3 Å². The molecule has 2 unspecified atom stereocenters. The topological polar surface area (TPSA) is 84.9 Å². The normalized spacial score (nSPS) is 36.8. The predicted molar refractivity (Wildman–Crippen MR) is 126 cm³/mol. The first-order chi connectivity index (χ1) is 14.4. The van der Waals surface area contributed by atoms with Crippen LogP contribution < -0.4 is 5.32 Å². The molecule has 0 aromatic rings. The number of nitrogens with zero attached hydrogens (tertiary/aromatic N) is 1. The molecule has 2 aliphatic heterocycles. The van der Waals surface area contributed by atoms with Gasteiger partial charge in [0.15, 0.2) is 0 Å². The molecule has 1 N–H and O–H groups in total. The molecular formula is C22H42N2O5S2. The molecule has 2 saturated heterocycles. The summed E-state index contributed by atoms with van der Waals surface area (Å²) in [7, 11) is -1.69. The molecule has 31 heavy (non-hydrogen) atoms. The zero-order valence-corrected chi connectivity index (χ0v) is 22.0. The van der Waals surface area contributed by atoms with Gasteiger partial charge in [-0.25, -0.2) is 0 Å². The Hall–Kier alpha value is -0.350. The van der Waals surface area contributed by atoms with Gasteiger partial charge in [-0.1, -0.05) is 34.1 Å². The summed E-state index contributed by atoms with van der Waals surface area (Å²) < 4.78 is 35.5. The molecule has 9 heteroatoms. The molecule has 7 nitrogen and oxygen atoms in total. The summed E-state index contributed by atoms with van der Waals surface area (Å²) in [5.41, 5.74) is -0.0101. The van der Waals surface area contributed by atoms with Gasteiger partial charge >= 0.3 is 0 Å². The summed E-state index contributed by atoms with van der Waals surface area (Å²) in [6.07, 6.45) is 5.05. The number of rotatable bonds is 9. The number of hydrogen-bond acceptors (Lipinski definition) is 7. The zero-order chi connectivity index (χ0) is 23.5. The summed E-state index contributed by atoms with van der Waals surface area (Å²) in [6, 6.07) is -0.767. The Bertz CT molecular complexity index is 702. The lowest BCUT2D eigenvalue weighted by Crippen LogP contribution is -2.60. The lowest BCUT2D eigenvalue weighted by Gasteiger charge is -2.47. The van der Waals surface area contributed by atoms with Gasteiger partial charge in [0, 0.05) is 6.54 Å². The Kier molecular flexibility index (Phi) is 9.70. The van der Waals surface area contributed by atoms with Gasteiger partial charge in [-0.2, -0.15) is 8.42 Å². The fourth-order valence-electron chi connectivity index (χ4n) is 5.20. The van der Waals surface area contributed by atoms with E-state index in [0.717, 1.165) is 32.1 Å². The van der Waals surface area contributed by atoms with Crippen LogP contribution in [0.25, 0.3) is 0 Å². The van der Waals surface area contributed by atoms with Crippen LogP contribution in [0.5, 0.6) is 0 Å². The fraction of sp³-hybridized carbons (Fsp3) is 0.955. The summed E-state index contributed by atoms with van der Waals surface area (Å²) in [5.74, 6) is 1.31. The van der Waals surface area contributed by atoms with Crippen LogP contribution in [0, 0.1) is 23.7 Å². The molecule has 2 rings (SSSR count). The third-order valence-electron chi connectivity index (χ3n) is 7.26. The minimum atomic E-state index is -3.67. The van der Waals surface area contributed by atoms with Crippen LogP contribution in [-0.4, -0.2) is 75.1 Å². The molecule has 0 radical (unpaired) electrons. The highest BCUT2D eigenvalue weighted by molar-refractivity contribution is 7.99. The monoisotopic (exact) mass is 478 g/mol. The number of likely N-dealkylation sites (tertiary alicyclic amines) is 1. The summed E-state index contributed by atoms with van der Waals surface area (Å²) in [4.78, 5) is 15.4. The third kappa shape index (κ3) is 6.82. The van der Waals surface area contributed by atoms with Crippen LogP contribution in [0.2, 0.25) is 0 Å². The van der Waals surface area contributed by atoms with E-state index in [-0.39, 0.29) is 29.4 Å². The van der Waals surface area contributed by atoms with Crippen molar-refractivity contribution in [3.63, 3.8) is 0 Å². The van der Waals surface area contributed by atoms with Gasteiger partial charge in [-0.15, -0.1) is 11.8 Å². The number of ether oxygens (including phenoxy) is 1. The van der Waals surface area contributed by atoms with Crippen LogP contribution in [-0.2, 0) is 23.8 Å². The van der Waals surface area contributed by atoms with E-state index in [1.165, 1.54) is 0 Å². The van der Waals surface area contributed by atoms with Crippen molar-refractivity contribution in [2.24, 2.45) is 23.7 Å². The first-order valence-corrected chi connectivity index (χ1v) is 14.6. The number of hydrogen-bond donors (Lipinski definition) is 1. The zero-order valence-electron chi connectivity index (χ0n) is 20.3. The minimum absolute atomic E-state index is 0.0101. The molecule has 0 aliphatic carbocycles. The van der Waals surface area contributed by atoms with E-state index in [1.54, 1.807) is 18.7 Å². The Labute approximate surface area is 193 Å². The maximum Gasteiger partial charge on any atom is 0.264 e. The molecule has 0 aromatic heterocycles. The SMILES string of the molecule is CCC[C@@H]1C[C@@H](C(=O)N[C@H]([C@@H](C)OS(C)(=O)=O)[C@H]2OC(SC)[C@H](C)[C@H](C)C2C)N(C)C1. The first kappa shape index (κ1) is 26.9. The second kappa shape index (κ2) is 11.2. The molecule has 0 spiro atoms. The van der Waals surface area contributed by atoms with Crippen molar-refractivity contribution in [1.29, 1.82) is 0 Å². The predicted octanol–water partition coefficient (Wildman–Crippen LogP) is 2.95. The number of likely N-dealkylation sites (N-methyl/N-ethyl adjacent to an activating group) is 1. The van der Waals surface area contributed by atoms with Crippen molar-refractivity contribution >= 4 is 27.8 Å². The van der Waals surface area contributed by atoms with E-state index in [9.17, 15) is 13.2 Å². The average Bonchev–Trinajstić information content (AvgIpc) is 3.04. The van der Waals surface area contributed by atoms with Crippen molar-refractivity contribution in [2.45, 2.75) is 83.6 Å². The van der Waals surface area contributed by atoms with Crippen molar-refractivity contribution < 1.29 is 22.1 Å². The molecule has 2 fully saturated rings. The summed E-state index contributed by atoms with van der Waals surface area (Å²) in [6.45, 7) is 11.3. The Balaban J connectivity index is 2.25. The fourth-order valence-corrected chi connectivity index (χ4v) is 6.79. The number of carbonyl (C=O) groups is 1. The molecule has 2 aliphatic rings. The van der Waals surface area contributed by atoms with Gasteiger partial charge in [0.1, 0.15) is 5.44 Å². The quantitative estimate of drug-likeness (QED) is 0.510. The first-order valence-electron chi connectivity index (χ1n) is 11.5. The van der Waals surface area contributed by atoms with E-state index in [0.29, 0.717) is 17.8 Å². The lowest BCUT2D eigenvalue weighted by molar-refractivity contribution is -0.138. The molecule has 182 valence electrons. The number of amides is 1. The van der Waals surface area contributed by atoms with Crippen molar-refractivity contribution in [2.75, 3.05) is 26.1 Å². The molecule has 0 saturated carbocycles.